The van der Waals surface area contributed by atoms with Crippen LogP contribution in [0.3, 0.4) is 0 Å². The fourth-order valence-electron chi connectivity index (χ4n) is 2.22. The van der Waals surface area contributed by atoms with Crippen molar-refractivity contribution in [1.82, 2.24) is 5.32 Å². The van der Waals surface area contributed by atoms with Crippen LogP contribution < -0.4 is 5.32 Å². The third kappa shape index (κ3) is 4.79. The van der Waals surface area contributed by atoms with Crippen LogP contribution in [0.4, 0.5) is 0 Å². The van der Waals surface area contributed by atoms with Gasteiger partial charge in [0.15, 0.2) is 0 Å². The van der Waals surface area contributed by atoms with E-state index in [0.717, 1.165) is 12.5 Å². The van der Waals surface area contributed by atoms with E-state index in [9.17, 15) is 4.79 Å². The molecule has 3 heteroatoms. The first-order chi connectivity index (χ1) is 7.74. The lowest BCUT2D eigenvalue weighted by molar-refractivity contribution is -0.137. The summed E-state index contributed by atoms with van der Waals surface area (Å²) < 4.78 is 4.80. The molecule has 1 N–H and O–H groups in total. The molecule has 0 aromatic heterocycles. The molecule has 16 heavy (non-hydrogen) atoms. The van der Waals surface area contributed by atoms with E-state index in [1.54, 1.807) is 0 Å². The van der Waals surface area contributed by atoms with Crippen molar-refractivity contribution in [3.63, 3.8) is 0 Å². The molecule has 1 saturated carbocycles. The van der Waals surface area contributed by atoms with Crippen LogP contribution in [-0.2, 0) is 9.53 Å². The fraction of sp³-hybridized carbons (Fsp3) is 0.769. The maximum atomic E-state index is 11.0. The zero-order chi connectivity index (χ0) is 11.8. The second-order valence-corrected chi connectivity index (χ2v) is 4.40. The monoisotopic (exact) mass is 225 g/mol. The Balaban J connectivity index is 2.11. The van der Waals surface area contributed by atoms with Gasteiger partial charge in [0.05, 0.1) is 6.61 Å². The van der Waals surface area contributed by atoms with Gasteiger partial charge in [-0.2, -0.15) is 0 Å². The van der Waals surface area contributed by atoms with Gasteiger partial charge in [-0.1, -0.05) is 18.9 Å². The smallest absolute Gasteiger partial charge is 0.330 e. The molecule has 0 heterocycles. The van der Waals surface area contributed by atoms with Crippen LogP contribution in [0.25, 0.3) is 0 Å². The molecule has 1 aliphatic rings. The SMILES string of the molecule is CCOC(=O)/C=C/CN[C@@H](C)C1CCCC1. The van der Waals surface area contributed by atoms with E-state index in [2.05, 4.69) is 12.2 Å². The summed E-state index contributed by atoms with van der Waals surface area (Å²) in [5.74, 6) is 0.564. The highest BCUT2D eigenvalue weighted by Gasteiger charge is 2.20. The third-order valence-electron chi connectivity index (χ3n) is 3.21. The van der Waals surface area contributed by atoms with Crippen molar-refractivity contribution in [1.29, 1.82) is 0 Å². The number of hydrogen-bond donors (Lipinski definition) is 1. The number of hydrogen-bond acceptors (Lipinski definition) is 3. The summed E-state index contributed by atoms with van der Waals surface area (Å²) in [4.78, 5) is 11.0. The Hall–Kier alpha value is -0.830. The van der Waals surface area contributed by atoms with Gasteiger partial charge in [-0.3, -0.25) is 0 Å². The lowest BCUT2D eigenvalue weighted by atomic mass is 10.00. The molecule has 92 valence electrons. The van der Waals surface area contributed by atoms with Gasteiger partial charge in [0.2, 0.25) is 0 Å². The maximum absolute atomic E-state index is 11.0. The second kappa shape index (κ2) is 7.44. The Kier molecular flexibility index (Phi) is 6.16. The van der Waals surface area contributed by atoms with Gasteiger partial charge in [0, 0.05) is 18.7 Å². The van der Waals surface area contributed by atoms with Crippen LogP contribution in [0.1, 0.15) is 39.5 Å². The number of carbonyl (C=O) groups is 1. The molecule has 0 spiro atoms. The minimum Gasteiger partial charge on any atom is -0.463 e. The molecule has 1 aliphatic carbocycles. The fourth-order valence-corrected chi connectivity index (χ4v) is 2.22. The minimum atomic E-state index is -0.252. The Morgan fingerprint density at radius 3 is 2.81 bits per heavy atom. The molecule has 0 bridgehead atoms. The Bertz CT molecular complexity index is 232. The minimum absolute atomic E-state index is 0.252. The highest BCUT2D eigenvalue weighted by molar-refractivity contribution is 5.81. The van der Waals surface area contributed by atoms with E-state index < -0.39 is 0 Å². The molecule has 0 aromatic rings. The molecule has 0 aromatic carbocycles. The predicted octanol–water partition coefficient (Wildman–Crippen LogP) is 2.27. The first kappa shape index (κ1) is 13.2. The summed E-state index contributed by atoms with van der Waals surface area (Å²) in [6.07, 6.45) is 8.76. The second-order valence-electron chi connectivity index (χ2n) is 4.40. The normalized spacial score (nSPS) is 19.1. The molecule has 3 nitrogen and oxygen atoms in total. The van der Waals surface area contributed by atoms with E-state index in [-0.39, 0.29) is 5.97 Å². The Morgan fingerprint density at radius 2 is 2.19 bits per heavy atom. The van der Waals surface area contributed by atoms with Crippen LogP contribution in [-0.4, -0.2) is 25.2 Å². The molecular formula is C13H23NO2. The van der Waals surface area contributed by atoms with Gasteiger partial charge in [0.1, 0.15) is 0 Å². The van der Waals surface area contributed by atoms with Crippen molar-refractivity contribution in [2.75, 3.05) is 13.2 Å². The van der Waals surface area contributed by atoms with Crippen LogP contribution >= 0.6 is 0 Å². The van der Waals surface area contributed by atoms with E-state index >= 15 is 0 Å². The van der Waals surface area contributed by atoms with Gasteiger partial charge >= 0.3 is 5.97 Å². The van der Waals surface area contributed by atoms with Crippen molar-refractivity contribution in [3.8, 4) is 0 Å². The highest BCUT2D eigenvalue weighted by Crippen LogP contribution is 2.27. The maximum Gasteiger partial charge on any atom is 0.330 e. The van der Waals surface area contributed by atoms with E-state index in [1.165, 1.54) is 31.8 Å². The summed E-state index contributed by atoms with van der Waals surface area (Å²) >= 11 is 0. The van der Waals surface area contributed by atoms with Gasteiger partial charge in [-0.25, -0.2) is 4.79 Å². The Labute approximate surface area is 98.2 Å². The van der Waals surface area contributed by atoms with Gasteiger partial charge < -0.3 is 10.1 Å². The number of ether oxygens (including phenoxy) is 1. The molecule has 0 saturated heterocycles. The highest BCUT2D eigenvalue weighted by atomic mass is 16.5. The van der Waals surface area contributed by atoms with Gasteiger partial charge in [-0.05, 0) is 32.6 Å². The standard InChI is InChI=1S/C13H23NO2/c1-3-16-13(15)9-6-10-14-11(2)12-7-4-5-8-12/h6,9,11-12,14H,3-5,7-8,10H2,1-2H3/b9-6+/t11-/m0/s1. The van der Waals surface area contributed by atoms with Gasteiger partial charge in [0.25, 0.3) is 0 Å². The van der Waals surface area contributed by atoms with E-state index in [4.69, 9.17) is 4.74 Å². The van der Waals surface area contributed by atoms with Gasteiger partial charge in [-0.15, -0.1) is 0 Å². The summed E-state index contributed by atoms with van der Waals surface area (Å²) in [5.41, 5.74) is 0. The lowest BCUT2D eigenvalue weighted by Gasteiger charge is -2.19. The largest absolute Gasteiger partial charge is 0.463 e. The Morgan fingerprint density at radius 1 is 1.50 bits per heavy atom. The molecule has 0 aliphatic heterocycles. The quantitative estimate of drug-likeness (QED) is 0.556. The molecular weight excluding hydrogens is 202 g/mol. The van der Waals surface area contributed by atoms with Crippen molar-refractivity contribution in [2.45, 2.75) is 45.6 Å². The summed E-state index contributed by atoms with van der Waals surface area (Å²) in [6, 6.07) is 0.550. The van der Waals surface area contributed by atoms with E-state index in [0.29, 0.717) is 12.6 Å². The first-order valence-electron chi connectivity index (χ1n) is 6.30. The predicted molar refractivity (Wildman–Crippen MR) is 65.2 cm³/mol. The molecule has 1 fully saturated rings. The van der Waals surface area contributed by atoms with Crippen molar-refractivity contribution >= 4 is 5.97 Å². The van der Waals surface area contributed by atoms with E-state index in [1.807, 2.05) is 13.0 Å². The average Bonchev–Trinajstić information content (AvgIpc) is 2.78. The molecule has 1 rings (SSSR count). The van der Waals surface area contributed by atoms with Crippen molar-refractivity contribution in [2.24, 2.45) is 5.92 Å². The summed E-state index contributed by atoms with van der Waals surface area (Å²) in [5, 5.41) is 3.43. The molecule has 0 radical (unpaired) electrons. The average molecular weight is 225 g/mol. The molecule has 0 amide bonds. The van der Waals surface area contributed by atoms with Crippen molar-refractivity contribution < 1.29 is 9.53 Å². The summed E-state index contributed by atoms with van der Waals surface area (Å²) in [7, 11) is 0. The third-order valence-corrected chi connectivity index (χ3v) is 3.21. The first-order valence-corrected chi connectivity index (χ1v) is 6.30. The summed E-state index contributed by atoms with van der Waals surface area (Å²) in [6.45, 7) is 5.23. The molecule has 1 atom stereocenters. The number of carbonyl (C=O) groups excluding carboxylic acids is 1. The van der Waals surface area contributed by atoms with Crippen molar-refractivity contribution in [3.05, 3.63) is 12.2 Å². The van der Waals surface area contributed by atoms with Crippen LogP contribution in [0.2, 0.25) is 0 Å². The zero-order valence-corrected chi connectivity index (χ0v) is 10.4. The van der Waals surface area contributed by atoms with Crippen LogP contribution in [0.15, 0.2) is 12.2 Å². The lowest BCUT2D eigenvalue weighted by Crippen LogP contribution is -2.32. The number of esters is 1. The van der Waals surface area contributed by atoms with Crippen LogP contribution in [0, 0.1) is 5.92 Å². The number of nitrogens with one attached hydrogen (secondary N) is 1. The van der Waals surface area contributed by atoms with Crippen LogP contribution in [0.5, 0.6) is 0 Å². The number of rotatable bonds is 6. The zero-order valence-electron chi connectivity index (χ0n) is 10.4. The topological polar surface area (TPSA) is 38.3 Å². The molecule has 0 unspecified atom stereocenters.